The highest BCUT2D eigenvalue weighted by Gasteiger charge is 2.55. The average molecular weight is 328 g/mol. The Morgan fingerprint density at radius 2 is 2.00 bits per heavy atom. The molecule has 1 spiro atoms. The van der Waals surface area contributed by atoms with E-state index in [9.17, 15) is 9.90 Å². The van der Waals surface area contributed by atoms with Gasteiger partial charge in [0.2, 0.25) is 0 Å². The highest BCUT2D eigenvalue weighted by molar-refractivity contribution is 5.72. The van der Waals surface area contributed by atoms with Gasteiger partial charge in [0.25, 0.3) is 0 Å². The van der Waals surface area contributed by atoms with Gasteiger partial charge in [-0.1, -0.05) is 20.8 Å². The Bertz CT molecular complexity index is 435. The lowest BCUT2D eigenvalue weighted by Crippen LogP contribution is -2.61. The molecule has 5 heteroatoms. The first-order valence-electron chi connectivity index (χ1n) is 8.82. The van der Waals surface area contributed by atoms with Gasteiger partial charge in [-0.3, -0.25) is 4.79 Å². The quantitative estimate of drug-likeness (QED) is 0.807. The Hall–Kier alpha value is -0.650. The maximum atomic E-state index is 11.9. The summed E-state index contributed by atoms with van der Waals surface area (Å²) in [6.07, 6.45) is 2.49. The summed E-state index contributed by atoms with van der Waals surface area (Å²) in [5, 5.41) is 10.5. The van der Waals surface area contributed by atoms with Crippen LogP contribution in [-0.4, -0.2) is 41.8 Å². The molecule has 5 nitrogen and oxygen atoms in total. The SMILES string of the molecule is CC[C@H]1O[C@@]2(CC[C@@]1(C)O)O[C@H]([C@@H](C)C(=O)OC)[C@@H](C)C[C@@H]2C. The molecular formula is C18H32O5. The van der Waals surface area contributed by atoms with Crippen LogP contribution in [0.25, 0.3) is 0 Å². The first-order chi connectivity index (χ1) is 10.7. The van der Waals surface area contributed by atoms with Crippen LogP contribution >= 0.6 is 0 Å². The van der Waals surface area contributed by atoms with Crippen molar-refractivity contribution >= 4 is 5.97 Å². The zero-order chi connectivity index (χ0) is 17.4. The number of carbonyl (C=O) groups excluding carboxylic acids is 1. The van der Waals surface area contributed by atoms with Crippen LogP contribution < -0.4 is 0 Å². The summed E-state index contributed by atoms with van der Waals surface area (Å²) >= 11 is 0. The molecule has 23 heavy (non-hydrogen) atoms. The number of hydrogen-bond acceptors (Lipinski definition) is 5. The monoisotopic (exact) mass is 328 g/mol. The molecule has 0 unspecified atom stereocenters. The normalized spacial score (nSPS) is 45.7. The number of esters is 1. The summed E-state index contributed by atoms with van der Waals surface area (Å²) in [6, 6.07) is 0. The second kappa shape index (κ2) is 6.69. The Kier molecular flexibility index (Phi) is 5.44. The minimum absolute atomic E-state index is 0.223. The second-order valence-electron chi connectivity index (χ2n) is 7.69. The number of carbonyl (C=O) groups is 1. The molecule has 0 saturated carbocycles. The molecule has 134 valence electrons. The molecule has 2 heterocycles. The lowest BCUT2D eigenvalue weighted by atomic mass is 9.75. The van der Waals surface area contributed by atoms with Gasteiger partial charge in [0, 0.05) is 12.3 Å². The van der Waals surface area contributed by atoms with Crippen LogP contribution in [-0.2, 0) is 19.0 Å². The van der Waals surface area contributed by atoms with E-state index in [1.165, 1.54) is 7.11 Å². The highest BCUT2D eigenvalue weighted by atomic mass is 16.7. The van der Waals surface area contributed by atoms with Crippen LogP contribution in [0.2, 0.25) is 0 Å². The molecule has 0 aliphatic carbocycles. The van der Waals surface area contributed by atoms with Gasteiger partial charge in [0.1, 0.15) is 0 Å². The molecule has 0 bridgehead atoms. The Labute approximate surface area is 139 Å². The van der Waals surface area contributed by atoms with Crippen molar-refractivity contribution in [3.8, 4) is 0 Å². The predicted octanol–water partition coefficient (Wildman–Crippen LogP) is 2.89. The maximum absolute atomic E-state index is 11.9. The zero-order valence-corrected chi connectivity index (χ0v) is 15.3. The van der Waals surface area contributed by atoms with Crippen molar-refractivity contribution in [2.24, 2.45) is 17.8 Å². The number of hydrogen-bond donors (Lipinski definition) is 1. The molecule has 2 aliphatic rings. The summed E-state index contributed by atoms with van der Waals surface area (Å²) in [7, 11) is 1.41. The first kappa shape index (κ1) is 18.7. The third kappa shape index (κ3) is 3.42. The van der Waals surface area contributed by atoms with Crippen molar-refractivity contribution in [3.05, 3.63) is 0 Å². The maximum Gasteiger partial charge on any atom is 0.311 e. The van der Waals surface area contributed by atoms with Gasteiger partial charge in [0.15, 0.2) is 5.79 Å². The van der Waals surface area contributed by atoms with E-state index in [1.54, 1.807) is 0 Å². The van der Waals surface area contributed by atoms with Crippen molar-refractivity contribution < 1.29 is 24.1 Å². The van der Waals surface area contributed by atoms with E-state index < -0.39 is 11.4 Å². The van der Waals surface area contributed by atoms with E-state index in [2.05, 4.69) is 13.8 Å². The van der Waals surface area contributed by atoms with Gasteiger partial charge in [-0.15, -0.1) is 0 Å². The minimum Gasteiger partial charge on any atom is -0.469 e. The Morgan fingerprint density at radius 3 is 2.57 bits per heavy atom. The van der Waals surface area contributed by atoms with Crippen LogP contribution in [0.3, 0.4) is 0 Å². The largest absolute Gasteiger partial charge is 0.469 e. The predicted molar refractivity (Wildman–Crippen MR) is 86.8 cm³/mol. The van der Waals surface area contributed by atoms with Gasteiger partial charge in [-0.05, 0) is 39.0 Å². The second-order valence-corrected chi connectivity index (χ2v) is 7.69. The lowest BCUT2D eigenvalue weighted by Gasteiger charge is -2.55. The molecule has 0 amide bonds. The van der Waals surface area contributed by atoms with Crippen molar-refractivity contribution in [1.29, 1.82) is 0 Å². The molecule has 2 saturated heterocycles. The van der Waals surface area contributed by atoms with Gasteiger partial charge < -0.3 is 19.3 Å². The van der Waals surface area contributed by atoms with Crippen LogP contribution in [0, 0.1) is 17.8 Å². The fourth-order valence-electron chi connectivity index (χ4n) is 4.24. The molecule has 0 aromatic rings. The lowest BCUT2D eigenvalue weighted by molar-refractivity contribution is -0.372. The summed E-state index contributed by atoms with van der Waals surface area (Å²) in [5.41, 5.74) is -0.824. The van der Waals surface area contributed by atoms with E-state index in [4.69, 9.17) is 14.2 Å². The molecule has 7 atom stereocenters. The Balaban J connectivity index is 2.22. The summed E-state index contributed by atoms with van der Waals surface area (Å²) in [6.45, 7) is 9.96. The number of aliphatic hydroxyl groups is 1. The van der Waals surface area contributed by atoms with E-state index in [0.29, 0.717) is 12.8 Å². The first-order valence-corrected chi connectivity index (χ1v) is 8.82. The van der Waals surface area contributed by atoms with Crippen molar-refractivity contribution in [1.82, 2.24) is 0 Å². The van der Waals surface area contributed by atoms with E-state index in [1.807, 2.05) is 20.8 Å². The third-order valence-corrected chi connectivity index (χ3v) is 5.82. The topological polar surface area (TPSA) is 65.0 Å². The molecule has 2 fully saturated rings. The van der Waals surface area contributed by atoms with Gasteiger partial charge in [0.05, 0.1) is 30.8 Å². The molecule has 0 radical (unpaired) electrons. The highest BCUT2D eigenvalue weighted by Crippen LogP contribution is 2.48. The van der Waals surface area contributed by atoms with Gasteiger partial charge in [-0.2, -0.15) is 0 Å². The third-order valence-electron chi connectivity index (χ3n) is 5.82. The van der Waals surface area contributed by atoms with Crippen molar-refractivity contribution in [3.63, 3.8) is 0 Å². The minimum atomic E-state index is -0.824. The van der Waals surface area contributed by atoms with Crippen molar-refractivity contribution in [2.75, 3.05) is 7.11 Å². The number of rotatable bonds is 3. The van der Waals surface area contributed by atoms with E-state index in [-0.39, 0.29) is 35.9 Å². The van der Waals surface area contributed by atoms with Crippen LogP contribution in [0.15, 0.2) is 0 Å². The number of ether oxygens (including phenoxy) is 3. The van der Waals surface area contributed by atoms with Crippen molar-refractivity contribution in [2.45, 2.75) is 83.9 Å². The fourth-order valence-corrected chi connectivity index (χ4v) is 4.24. The zero-order valence-electron chi connectivity index (χ0n) is 15.3. The van der Waals surface area contributed by atoms with E-state index in [0.717, 1.165) is 12.8 Å². The van der Waals surface area contributed by atoms with Crippen LogP contribution in [0.4, 0.5) is 0 Å². The molecule has 2 aliphatic heterocycles. The molecule has 2 rings (SSSR count). The van der Waals surface area contributed by atoms with Gasteiger partial charge in [-0.25, -0.2) is 0 Å². The average Bonchev–Trinajstić information content (AvgIpc) is 2.51. The fraction of sp³-hybridized carbons (Fsp3) is 0.944. The van der Waals surface area contributed by atoms with Gasteiger partial charge >= 0.3 is 5.97 Å². The van der Waals surface area contributed by atoms with Crippen LogP contribution in [0.1, 0.15) is 60.3 Å². The standard InChI is InChI=1S/C18H32O5/c1-7-14-17(5,20)8-9-18(22-14)12(3)10-11(2)15(23-18)13(4)16(19)21-6/h11-15,20H,7-10H2,1-6H3/t11-,12-,13+,14+,15-,17+,18-/m0/s1. The van der Waals surface area contributed by atoms with E-state index >= 15 is 0 Å². The summed E-state index contributed by atoms with van der Waals surface area (Å²) in [4.78, 5) is 11.9. The number of methoxy groups -OCH3 is 1. The molecule has 0 aromatic carbocycles. The molecule has 0 aromatic heterocycles. The smallest absolute Gasteiger partial charge is 0.311 e. The summed E-state index contributed by atoms with van der Waals surface area (Å²) in [5.74, 6) is -0.797. The Morgan fingerprint density at radius 1 is 1.35 bits per heavy atom. The summed E-state index contributed by atoms with van der Waals surface area (Å²) < 4.78 is 17.6. The van der Waals surface area contributed by atoms with Crippen LogP contribution in [0.5, 0.6) is 0 Å². The molecule has 1 N–H and O–H groups in total. The molecular weight excluding hydrogens is 296 g/mol.